The first-order valence-electron chi connectivity index (χ1n) is 7.11. The van der Waals surface area contributed by atoms with Gasteiger partial charge in [-0.25, -0.2) is 0 Å². The summed E-state index contributed by atoms with van der Waals surface area (Å²) in [5, 5.41) is 0. The van der Waals surface area contributed by atoms with Crippen molar-refractivity contribution in [2.24, 2.45) is 11.1 Å². The molecule has 0 bridgehead atoms. The summed E-state index contributed by atoms with van der Waals surface area (Å²) >= 11 is 0. The lowest BCUT2D eigenvalue weighted by Crippen LogP contribution is -2.32. The number of hydrogen-bond acceptors (Lipinski definition) is 3. The van der Waals surface area contributed by atoms with Crippen LogP contribution in [0.4, 0.5) is 0 Å². The molecule has 0 heterocycles. The van der Waals surface area contributed by atoms with Gasteiger partial charge < -0.3 is 15.4 Å². The minimum absolute atomic E-state index is 0.422. The zero-order chi connectivity index (χ0) is 13.9. The molecule has 1 aromatic rings. The highest BCUT2D eigenvalue weighted by Gasteiger charge is 2.41. The Kier molecular flexibility index (Phi) is 4.48. The second kappa shape index (κ2) is 5.93. The fraction of sp³-hybridized carbons (Fsp3) is 0.625. The summed E-state index contributed by atoms with van der Waals surface area (Å²) in [4.78, 5) is 2.40. The second-order valence-corrected chi connectivity index (χ2v) is 6.01. The summed E-state index contributed by atoms with van der Waals surface area (Å²) in [6, 6.07) is 6.38. The van der Waals surface area contributed by atoms with Crippen molar-refractivity contribution in [1.82, 2.24) is 4.90 Å². The van der Waals surface area contributed by atoms with E-state index < -0.39 is 0 Å². The van der Waals surface area contributed by atoms with Gasteiger partial charge in [0.1, 0.15) is 5.75 Å². The van der Waals surface area contributed by atoms with Crippen LogP contribution in [0.5, 0.6) is 5.75 Å². The Morgan fingerprint density at radius 2 is 2.11 bits per heavy atom. The van der Waals surface area contributed by atoms with Gasteiger partial charge in [-0.3, -0.25) is 0 Å². The van der Waals surface area contributed by atoms with Crippen molar-refractivity contribution in [2.45, 2.75) is 26.2 Å². The smallest absolute Gasteiger partial charge is 0.122 e. The first kappa shape index (κ1) is 14.4. The van der Waals surface area contributed by atoms with Gasteiger partial charge in [0, 0.05) is 13.1 Å². The highest BCUT2D eigenvalue weighted by atomic mass is 16.5. The van der Waals surface area contributed by atoms with Gasteiger partial charge in [-0.15, -0.1) is 0 Å². The Bertz CT molecular complexity index is 427. The number of aryl methyl sites for hydroxylation is 1. The number of hydrogen-bond donors (Lipinski definition) is 1. The predicted octanol–water partition coefficient (Wildman–Crippen LogP) is 2.22. The van der Waals surface area contributed by atoms with Crippen LogP contribution in [0.15, 0.2) is 18.2 Å². The molecule has 0 saturated heterocycles. The number of rotatable bonds is 7. The molecule has 106 valence electrons. The summed E-state index contributed by atoms with van der Waals surface area (Å²) in [7, 11) is 3.93. The molecule has 2 N–H and O–H groups in total. The number of nitrogens with zero attached hydrogens (tertiary/aromatic N) is 1. The zero-order valence-electron chi connectivity index (χ0n) is 12.4. The Morgan fingerprint density at radius 3 is 2.68 bits per heavy atom. The van der Waals surface area contributed by atoms with Crippen LogP contribution in [0.25, 0.3) is 0 Å². The molecule has 0 atom stereocenters. The minimum atomic E-state index is 0.422. The lowest BCUT2D eigenvalue weighted by atomic mass is 10.1. The lowest BCUT2D eigenvalue weighted by Gasteiger charge is -2.23. The molecule has 0 radical (unpaired) electrons. The van der Waals surface area contributed by atoms with Gasteiger partial charge in [0.25, 0.3) is 0 Å². The van der Waals surface area contributed by atoms with E-state index in [1.165, 1.54) is 24.0 Å². The van der Waals surface area contributed by atoms with Crippen LogP contribution < -0.4 is 10.5 Å². The molecule has 0 unspecified atom stereocenters. The van der Waals surface area contributed by atoms with Gasteiger partial charge in [-0.2, -0.15) is 0 Å². The van der Waals surface area contributed by atoms with E-state index in [9.17, 15) is 0 Å². The van der Waals surface area contributed by atoms with Gasteiger partial charge in [0.15, 0.2) is 0 Å². The molecule has 3 heteroatoms. The van der Waals surface area contributed by atoms with Crippen LogP contribution in [0.2, 0.25) is 0 Å². The zero-order valence-corrected chi connectivity index (χ0v) is 12.4. The van der Waals surface area contributed by atoms with Crippen molar-refractivity contribution in [1.29, 1.82) is 0 Å². The molecule has 1 fully saturated rings. The van der Waals surface area contributed by atoms with E-state index in [1.807, 2.05) is 0 Å². The van der Waals surface area contributed by atoms with Crippen molar-refractivity contribution in [2.75, 3.05) is 33.8 Å². The molecule has 2 rings (SSSR count). The van der Waals surface area contributed by atoms with Crippen molar-refractivity contribution in [3.8, 4) is 5.75 Å². The maximum Gasteiger partial charge on any atom is 0.122 e. The summed E-state index contributed by atoms with van der Waals surface area (Å²) in [5.74, 6) is 0.999. The fourth-order valence-corrected chi connectivity index (χ4v) is 2.67. The molecular weight excluding hydrogens is 236 g/mol. The van der Waals surface area contributed by atoms with E-state index in [1.54, 1.807) is 7.11 Å². The highest BCUT2D eigenvalue weighted by Crippen LogP contribution is 2.44. The molecule has 1 aliphatic carbocycles. The largest absolute Gasteiger partial charge is 0.496 e. The maximum absolute atomic E-state index is 5.84. The van der Waals surface area contributed by atoms with E-state index >= 15 is 0 Å². The van der Waals surface area contributed by atoms with Crippen LogP contribution in [-0.4, -0.2) is 38.7 Å². The number of benzene rings is 1. The predicted molar refractivity (Wildman–Crippen MR) is 79.7 cm³/mol. The number of likely N-dealkylation sites (N-methyl/N-ethyl adjacent to an activating group) is 1. The third-order valence-electron chi connectivity index (χ3n) is 4.19. The van der Waals surface area contributed by atoms with Gasteiger partial charge >= 0.3 is 0 Å². The molecule has 0 amide bonds. The molecule has 0 aliphatic heterocycles. The Morgan fingerprint density at radius 1 is 1.37 bits per heavy atom. The SMILES string of the molecule is COc1ccc(C)cc1CCN(C)CC1(CN)CC1. The quantitative estimate of drug-likeness (QED) is 0.819. The standard InChI is InChI=1S/C16H26N2O/c1-13-4-5-15(19-3)14(10-13)6-9-18(2)12-16(11-17)7-8-16/h4-5,10H,6-9,11-12,17H2,1-3H3. The normalized spacial score (nSPS) is 16.7. The Hall–Kier alpha value is -1.06. The number of methoxy groups -OCH3 is 1. The highest BCUT2D eigenvalue weighted by molar-refractivity contribution is 5.37. The van der Waals surface area contributed by atoms with E-state index in [0.29, 0.717) is 5.41 Å². The van der Waals surface area contributed by atoms with E-state index in [0.717, 1.165) is 31.8 Å². The third-order valence-corrected chi connectivity index (χ3v) is 4.19. The molecule has 0 aromatic heterocycles. The number of ether oxygens (including phenoxy) is 1. The lowest BCUT2D eigenvalue weighted by molar-refractivity contribution is 0.268. The van der Waals surface area contributed by atoms with Crippen molar-refractivity contribution >= 4 is 0 Å². The minimum Gasteiger partial charge on any atom is -0.496 e. The first-order valence-corrected chi connectivity index (χ1v) is 7.11. The molecule has 0 spiro atoms. The maximum atomic E-state index is 5.84. The van der Waals surface area contributed by atoms with Gasteiger partial charge in [0.05, 0.1) is 7.11 Å². The van der Waals surface area contributed by atoms with Gasteiger partial charge in [0.2, 0.25) is 0 Å². The van der Waals surface area contributed by atoms with E-state index in [-0.39, 0.29) is 0 Å². The summed E-state index contributed by atoms with van der Waals surface area (Å²) in [6.07, 6.45) is 3.62. The third kappa shape index (κ3) is 3.71. The monoisotopic (exact) mass is 262 g/mol. The second-order valence-electron chi connectivity index (χ2n) is 6.01. The van der Waals surface area contributed by atoms with Gasteiger partial charge in [-0.1, -0.05) is 17.7 Å². The molecule has 1 aromatic carbocycles. The molecular formula is C16H26N2O. The summed E-state index contributed by atoms with van der Waals surface area (Å²) in [6.45, 7) is 5.13. The van der Waals surface area contributed by atoms with Gasteiger partial charge in [-0.05, 0) is 56.8 Å². The van der Waals surface area contributed by atoms with Crippen LogP contribution in [0.1, 0.15) is 24.0 Å². The molecule has 3 nitrogen and oxygen atoms in total. The van der Waals surface area contributed by atoms with Crippen LogP contribution in [-0.2, 0) is 6.42 Å². The van der Waals surface area contributed by atoms with E-state index in [4.69, 9.17) is 10.5 Å². The summed E-state index contributed by atoms with van der Waals surface area (Å²) in [5.41, 5.74) is 8.85. The number of nitrogens with two attached hydrogens (primary N) is 1. The summed E-state index contributed by atoms with van der Waals surface area (Å²) < 4.78 is 5.43. The van der Waals surface area contributed by atoms with Crippen molar-refractivity contribution in [3.05, 3.63) is 29.3 Å². The van der Waals surface area contributed by atoms with E-state index in [2.05, 4.69) is 37.1 Å². The molecule has 1 saturated carbocycles. The molecule has 19 heavy (non-hydrogen) atoms. The van der Waals surface area contributed by atoms with Crippen LogP contribution >= 0.6 is 0 Å². The fourth-order valence-electron chi connectivity index (χ4n) is 2.67. The Labute approximate surface area is 116 Å². The first-order chi connectivity index (χ1) is 9.08. The average molecular weight is 262 g/mol. The van der Waals surface area contributed by atoms with Crippen molar-refractivity contribution < 1.29 is 4.74 Å². The molecule has 1 aliphatic rings. The average Bonchev–Trinajstić information content (AvgIpc) is 3.17. The topological polar surface area (TPSA) is 38.5 Å². The van der Waals surface area contributed by atoms with Crippen LogP contribution in [0, 0.1) is 12.3 Å². The van der Waals surface area contributed by atoms with Crippen molar-refractivity contribution in [3.63, 3.8) is 0 Å². The Balaban J connectivity index is 1.89. The van der Waals surface area contributed by atoms with Crippen LogP contribution in [0.3, 0.4) is 0 Å².